The highest BCUT2D eigenvalue weighted by atomic mass is 15.1. The molecule has 34 heavy (non-hydrogen) atoms. The summed E-state index contributed by atoms with van der Waals surface area (Å²) in [5.41, 5.74) is 12.3. The van der Waals surface area contributed by atoms with E-state index in [0.29, 0.717) is 0 Å². The minimum atomic E-state index is 1.20. The second kappa shape index (κ2) is 10.4. The van der Waals surface area contributed by atoms with Gasteiger partial charge in [0.1, 0.15) is 0 Å². The first-order valence-corrected chi connectivity index (χ1v) is 11.8. The van der Waals surface area contributed by atoms with Crippen LogP contribution in [0.2, 0.25) is 0 Å². The molecule has 1 nitrogen and oxygen atoms in total. The summed E-state index contributed by atoms with van der Waals surface area (Å²) in [6.07, 6.45) is 4.54. The molecule has 0 atom stereocenters. The zero-order valence-corrected chi connectivity index (χ0v) is 20.8. The first-order chi connectivity index (χ1) is 16.4. The minimum absolute atomic E-state index is 1.20. The SMILES string of the molecule is Cc1ccc(C(=C/C=C(\c2ccc(C)cc2)c2ccc(N(C)C)cc2)c2ccc(C)cc2)cc1. The second-order valence-electron chi connectivity index (χ2n) is 9.20. The monoisotopic (exact) mass is 443 g/mol. The second-order valence-corrected chi connectivity index (χ2v) is 9.20. The molecule has 0 saturated heterocycles. The first-order valence-electron chi connectivity index (χ1n) is 11.8. The molecule has 4 aromatic rings. The lowest BCUT2D eigenvalue weighted by Gasteiger charge is -2.15. The van der Waals surface area contributed by atoms with Crippen molar-refractivity contribution in [1.82, 2.24) is 0 Å². The fraction of sp³-hybridized carbons (Fsp3) is 0.152. The number of aryl methyl sites for hydroxylation is 3. The predicted molar refractivity (Wildman–Crippen MR) is 148 cm³/mol. The van der Waals surface area contributed by atoms with Crippen LogP contribution in [-0.2, 0) is 0 Å². The Bertz CT molecular complexity index is 1240. The highest BCUT2D eigenvalue weighted by molar-refractivity contribution is 5.86. The molecular formula is C33H33N. The van der Waals surface area contributed by atoms with Gasteiger partial charge in [-0.25, -0.2) is 0 Å². The molecule has 0 fully saturated rings. The topological polar surface area (TPSA) is 3.24 Å². The number of anilines is 1. The van der Waals surface area contributed by atoms with Crippen LogP contribution in [0.4, 0.5) is 5.69 Å². The van der Waals surface area contributed by atoms with E-state index in [0.717, 1.165) is 0 Å². The minimum Gasteiger partial charge on any atom is -0.378 e. The molecule has 0 aromatic heterocycles. The lowest BCUT2D eigenvalue weighted by molar-refractivity contribution is 1.13. The van der Waals surface area contributed by atoms with Crippen molar-refractivity contribution in [3.8, 4) is 0 Å². The number of nitrogens with zero attached hydrogens (tertiary/aromatic N) is 1. The van der Waals surface area contributed by atoms with E-state index in [9.17, 15) is 0 Å². The number of hydrogen-bond acceptors (Lipinski definition) is 1. The summed E-state index contributed by atoms with van der Waals surface area (Å²) in [5, 5.41) is 0. The van der Waals surface area contributed by atoms with Gasteiger partial charge in [-0.05, 0) is 66.3 Å². The van der Waals surface area contributed by atoms with E-state index >= 15 is 0 Å². The lowest BCUT2D eigenvalue weighted by atomic mass is 9.93. The Balaban J connectivity index is 1.87. The molecule has 0 aliphatic carbocycles. The molecule has 170 valence electrons. The maximum atomic E-state index is 2.27. The number of benzene rings is 4. The van der Waals surface area contributed by atoms with Crippen LogP contribution in [0, 0.1) is 20.8 Å². The molecule has 0 saturated carbocycles. The van der Waals surface area contributed by atoms with E-state index in [1.807, 2.05) is 0 Å². The third kappa shape index (κ3) is 5.55. The smallest absolute Gasteiger partial charge is 0.0361 e. The fourth-order valence-corrected chi connectivity index (χ4v) is 4.02. The summed E-state index contributed by atoms with van der Waals surface area (Å²) in [6, 6.07) is 35.2. The van der Waals surface area contributed by atoms with Crippen LogP contribution in [0.5, 0.6) is 0 Å². The summed E-state index contributed by atoms with van der Waals surface area (Å²) >= 11 is 0. The van der Waals surface area contributed by atoms with Gasteiger partial charge in [-0.15, -0.1) is 0 Å². The van der Waals surface area contributed by atoms with Crippen molar-refractivity contribution in [2.75, 3.05) is 19.0 Å². The van der Waals surface area contributed by atoms with Crippen molar-refractivity contribution >= 4 is 16.8 Å². The predicted octanol–water partition coefficient (Wildman–Crippen LogP) is 8.24. The Labute approximate surface area is 204 Å². The van der Waals surface area contributed by atoms with Gasteiger partial charge >= 0.3 is 0 Å². The molecule has 0 aliphatic heterocycles. The summed E-state index contributed by atoms with van der Waals surface area (Å²) in [4.78, 5) is 2.13. The van der Waals surface area contributed by atoms with Crippen LogP contribution in [-0.4, -0.2) is 14.1 Å². The normalized spacial score (nSPS) is 11.3. The largest absolute Gasteiger partial charge is 0.378 e. The maximum absolute atomic E-state index is 2.27. The van der Waals surface area contributed by atoms with Crippen LogP contribution in [0.1, 0.15) is 38.9 Å². The van der Waals surface area contributed by atoms with Gasteiger partial charge in [-0.1, -0.05) is 114 Å². The Hall–Kier alpha value is -3.84. The third-order valence-corrected chi connectivity index (χ3v) is 6.20. The molecule has 0 spiro atoms. The standard InChI is InChI=1S/C33H33N/c1-24-6-12-27(13-7-24)32(28-14-8-25(2)9-15-28)22-23-33(29-16-10-26(3)11-17-29)30-18-20-31(21-19-30)34(4)5/h6-23H,1-5H3/b33-23+. The maximum Gasteiger partial charge on any atom is 0.0361 e. The summed E-state index contributed by atoms with van der Waals surface area (Å²) in [7, 11) is 4.15. The fourth-order valence-electron chi connectivity index (χ4n) is 4.02. The lowest BCUT2D eigenvalue weighted by Crippen LogP contribution is -2.08. The molecular weight excluding hydrogens is 410 g/mol. The summed E-state index contributed by atoms with van der Waals surface area (Å²) in [5.74, 6) is 0. The van der Waals surface area contributed by atoms with E-state index in [4.69, 9.17) is 0 Å². The van der Waals surface area contributed by atoms with Crippen molar-refractivity contribution < 1.29 is 0 Å². The van der Waals surface area contributed by atoms with Crippen molar-refractivity contribution in [3.05, 3.63) is 148 Å². The Morgan fingerprint density at radius 1 is 0.441 bits per heavy atom. The molecule has 0 N–H and O–H groups in total. The van der Waals surface area contributed by atoms with E-state index in [2.05, 4.69) is 149 Å². The number of allylic oxidation sites excluding steroid dienone is 2. The van der Waals surface area contributed by atoms with Crippen LogP contribution in [0.25, 0.3) is 11.1 Å². The molecule has 0 heterocycles. The van der Waals surface area contributed by atoms with Crippen molar-refractivity contribution in [2.24, 2.45) is 0 Å². The average Bonchev–Trinajstić information content (AvgIpc) is 2.84. The molecule has 0 unspecified atom stereocenters. The zero-order valence-electron chi connectivity index (χ0n) is 20.8. The van der Waals surface area contributed by atoms with E-state index in [1.54, 1.807) is 0 Å². The Morgan fingerprint density at radius 3 is 0.971 bits per heavy atom. The van der Waals surface area contributed by atoms with Gasteiger partial charge in [0.25, 0.3) is 0 Å². The van der Waals surface area contributed by atoms with E-state index < -0.39 is 0 Å². The molecule has 0 aliphatic rings. The molecule has 4 aromatic carbocycles. The quantitative estimate of drug-likeness (QED) is 0.271. The van der Waals surface area contributed by atoms with Gasteiger partial charge in [-0.2, -0.15) is 0 Å². The van der Waals surface area contributed by atoms with Gasteiger partial charge < -0.3 is 4.90 Å². The van der Waals surface area contributed by atoms with E-state index in [1.165, 1.54) is 55.8 Å². The van der Waals surface area contributed by atoms with Crippen LogP contribution in [0.3, 0.4) is 0 Å². The molecule has 0 amide bonds. The molecule has 4 rings (SSSR count). The highest BCUT2D eigenvalue weighted by Gasteiger charge is 2.08. The molecule has 1 heteroatoms. The summed E-state index contributed by atoms with van der Waals surface area (Å²) < 4.78 is 0. The van der Waals surface area contributed by atoms with Gasteiger partial charge in [0.15, 0.2) is 0 Å². The van der Waals surface area contributed by atoms with Crippen LogP contribution < -0.4 is 4.90 Å². The first kappa shape index (κ1) is 23.3. The zero-order chi connectivity index (χ0) is 24.1. The van der Waals surface area contributed by atoms with Crippen molar-refractivity contribution in [1.29, 1.82) is 0 Å². The van der Waals surface area contributed by atoms with Gasteiger partial charge in [0.05, 0.1) is 0 Å². The van der Waals surface area contributed by atoms with Crippen molar-refractivity contribution in [2.45, 2.75) is 20.8 Å². The summed E-state index contributed by atoms with van der Waals surface area (Å²) in [6.45, 7) is 6.39. The van der Waals surface area contributed by atoms with Crippen molar-refractivity contribution in [3.63, 3.8) is 0 Å². The van der Waals surface area contributed by atoms with E-state index in [-0.39, 0.29) is 0 Å². The average molecular weight is 444 g/mol. The highest BCUT2D eigenvalue weighted by Crippen LogP contribution is 2.29. The van der Waals surface area contributed by atoms with Crippen LogP contribution in [0.15, 0.2) is 109 Å². The molecule has 0 bridgehead atoms. The number of hydrogen-bond donors (Lipinski definition) is 0. The molecule has 0 radical (unpaired) electrons. The number of rotatable bonds is 6. The third-order valence-electron chi connectivity index (χ3n) is 6.20. The van der Waals surface area contributed by atoms with Gasteiger partial charge in [-0.3, -0.25) is 0 Å². The Kier molecular flexibility index (Phi) is 7.13. The van der Waals surface area contributed by atoms with Crippen LogP contribution >= 0.6 is 0 Å². The Morgan fingerprint density at radius 2 is 0.706 bits per heavy atom. The van der Waals surface area contributed by atoms with Gasteiger partial charge in [0.2, 0.25) is 0 Å². The van der Waals surface area contributed by atoms with Gasteiger partial charge in [0, 0.05) is 19.8 Å².